The van der Waals surface area contributed by atoms with Crippen molar-refractivity contribution in [3.05, 3.63) is 46.7 Å². The van der Waals surface area contributed by atoms with E-state index in [2.05, 4.69) is 44.3 Å². The van der Waals surface area contributed by atoms with E-state index in [1.165, 1.54) is 22.3 Å². The topological polar surface area (TPSA) is 21.3 Å². The van der Waals surface area contributed by atoms with Crippen molar-refractivity contribution >= 4 is 0 Å². The maximum atomic E-state index is 5.52. The van der Waals surface area contributed by atoms with Crippen molar-refractivity contribution in [2.75, 3.05) is 13.2 Å². The summed E-state index contributed by atoms with van der Waals surface area (Å²) in [5.41, 5.74) is 5.40. The van der Waals surface area contributed by atoms with Gasteiger partial charge in [0, 0.05) is 0 Å². The van der Waals surface area contributed by atoms with Crippen molar-refractivity contribution in [3.8, 4) is 0 Å². The van der Waals surface area contributed by atoms with Crippen LogP contribution in [0, 0.1) is 13.8 Å². The van der Waals surface area contributed by atoms with Crippen LogP contribution in [-0.2, 0) is 4.74 Å². The Labute approximate surface area is 116 Å². The molecule has 1 aliphatic rings. The van der Waals surface area contributed by atoms with Gasteiger partial charge < -0.3 is 10.1 Å². The molecule has 104 valence electrons. The van der Waals surface area contributed by atoms with E-state index < -0.39 is 0 Å². The van der Waals surface area contributed by atoms with Crippen LogP contribution in [0.1, 0.15) is 48.9 Å². The second-order valence-electron chi connectivity index (χ2n) is 5.48. The SMILES string of the molecule is CCCNC(C1=COCCC1)c1cc(C)cc(C)c1. The van der Waals surface area contributed by atoms with Gasteiger partial charge in [0.25, 0.3) is 0 Å². The van der Waals surface area contributed by atoms with Gasteiger partial charge in [-0.2, -0.15) is 0 Å². The molecule has 19 heavy (non-hydrogen) atoms. The molecule has 0 bridgehead atoms. The summed E-state index contributed by atoms with van der Waals surface area (Å²) in [4.78, 5) is 0. The summed E-state index contributed by atoms with van der Waals surface area (Å²) in [6.45, 7) is 8.43. The van der Waals surface area contributed by atoms with E-state index in [-0.39, 0.29) is 0 Å². The number of nitrogens with one attached hydrogen (secondary N) is 1. The fourth-order valence-electron chi connectivity index (χ4n) is 2.73. The molecule has 0 aliphatic carbocycles. The molecular weight excluding hydrogens is 234 g/mol. The molecule has 0 fully saturated rings. The first kappa shape index (κ1) is 14.1. The molecule has 0 saturated carbocycles. The standard InChI is InChI=1S/C17H25NO/c1-4-7-18-17(15-6-5-8-19-12-15)16-10-13(2)9-14(3)11-16/h9-12,17-18H,4-8H2,1-3H3. The molecule has 1 aromatic rings. The largest absolute Gasteiger partial charge is 0.501 e. The normalized spacial score (nSPS) is 16.7. The maximum Gasteiger partial charge on any atom is 0.0876 e. The second kappa shape index (κ2) is 6.76. The fourth-order valence-corrected chi connectivity index (χ4v) is 2.73. The van der Waals surface area contributed by atoms with Crippen LogP contribution in [-0.4, -0.2) is 13.2 Å². The Morgan fingerprint density at radius 1 is 1.21 bits per heavy atom. The molecule has 0 saturated heterocycles. The second-order valence-corrected chi connectivity index (χ2v) is 5.48. The van der Waals surface area contributed by atoms with Gasteiger partial charge in [-0.3, -0.25) is 0 Å². The molecule has 2 nitrogen and oxygen atoms in total. The zero-order valence-corrected chi connectivity index (χ0v) is 12.3. The minimum Gasteiger partial charge on any atom is -0.501 e. The Morgan fingerprint density at radius 3 is 2.53 bits per heavy atom. The van der Waals surface area contributed by atoms with Crippen LogP contribution in [0.25, 0.3) is 0 Å². The number of hydrogen-bond donors (Lipinski definition) is 1. The van der Waals surface area contributed by atoms with E-state index in [1.807, 2.05) is 6.26 Å². The van der Waals surface area contributed by atoms with Gasteiger partial charge in [-0.1, -0.05) is 36.2 Å². The van der Waals surface area contributed by atoms with Crippen molar-refractivity contribution in [2.45, 2.75) is 46.1 Å². The highest BCUT2D eigenvalue weighted by atomic mass is 16.5. The summed E-state index contributed by atoms with van der Waals surface area (Å²) >= 11 is 0. The first-order valence-electron chi connectivity index (χ1n) is 7.33. The van der Waals surface area contributed by atoms with E-state index >= 15 is 0 Å². The highest BCUT2D eigenvalue weighted by Gasteiger charge is 2.18. The number of benzene rings is 1. The van der Waals surface area contributed by atoms with Crippen molar-refractivity contribution in [1.29, 1.82) is 0 Å². The van der Waals surface area contributed by atoms with E-state index in [1.54, 1.807) is 0 Å². The molecule has 0 aromatic heterocycles. The molecule has 2 rings (SSSR count). The van der Waals surface area contributed by atoms with Gasteiger partial charge in [0.15, 0.2) is 0 Å². The quantitative estimate of drug-likeness (QED) is 0.861. The first-order chi connectivity index (χ1) is 9.20. The van der Waals surface area contributed by atoms with Gasteiger partial charge in [0.1, 0.15) is 0 Å². The Bertz CT molecular complexity index is 430. The van der Waals surface area contributed by atoms with E-state index in [4.69, 9.17) is 4.74 Å². The molecular formula is C17H25NO. The lowest BCUT2D eigenvalue weighted by Gasteiger charge is -2.25. The summed E-state index contributed by atoms with van der Waals surface area (Å²) in [7, 11) is 0. The summed E-state index contributed by atoms with van der Waals surface area (Å²) in [5.74, 6) is 0. The summed E-state index contributed by atoms with van der Waals surface area (Å²) in [6.07, 6.45) is 5.37. The third kappa shape index (κ3) is 3.84. The van der Waals surface area contributed by atoms with Gasteiger partial charge in [-0.05, 0) is 50.8 Å². The van der Waals surface area contributed by atoms with Crippen LogP contribution in [0.15, 0.2) is 30.0 Å². The molecule has 1 unspecified atom stereocenters. The van der Waals surface area contributed by atoms with Gasteiger partial charge in [-0.15, -0.1) is 0 Å². The molecule has 2 heteroatoms. The number of aryl methyl sites for hydroxylation is 2. The monoisotopic (exact) mass is 259 g/mol. The van der Waals surface area contributed by atoms with Crippen molar-refractivity contribution in [3.63, 3.8) is 0 Å². The molecule has 0 radical (unpaired) electrons. The summed E-state index contributed by atoms with van der Waals surface area (Å²) in [6, 6.07) is 7.11. The molecule has 0 amide bonds. The van der Waals surface area contributed by atoms with Crippen LogP contribution in [0.5, 0.6) is 0 Å². The van der Waals surface area contributed by atoms with Crippen LogP contribution in [0.4, 0.5) is 0 Å². The first-order valence-corrected chi connectivity index (χ1v) is 7.33. The van der Waals surface area contributed by atoms with Crippen LogP contribution >= 0.6 is 0 Å². The van der Waals surface area contributed by atoms with Crippen molar-refractivity contribution in [1.82, 2.24) is 5.32 Å². The number of ether oxygens (including phenoxy) is 1. The van der Waals surface area contributed by atoms with E-state index in [0.717, 1.165) is 32.4 Å². The highest BCUT2D eigenvalue weighted by molar-refractivity contribution is 5.35. The fraction of sp³-hybridized carbons (Fsp3) is 0.529. The maximum absolute atomic E-state index is 5.52. The Kier molecular flexibility index (Phi) is 5.03. The van der Waals surface area contributed by atoms with Gasteiger partial charge in [0.2, 0.25) is 0 Å². The number of hydrogen-bond acceptors (Lipinski definition) is 2. The van der Waals surface area contributed by atoms with E-state index in [0.29, 0.717) is 6.04 Å². The predicted octanol–water partition coefficient (Wildman–Crippen LogP) is 4.04. The minimum absolute atomic E-state index is 0.304. The van der Waals surface area contributed by atoms with Crippen LogP contribution < -0.4 is 5.32 Å². The molecule has 0 spiro atoms. The highest BCUT2D eigenvalue weighted by Crippen LogP contribution is 2.29. The smallest absolute Gasteiger partial charge is 0.0876 e. The number of rotatable bonds is 5. The third-order valence-electron chi connectivity index (χ3n) is 3.51. The van der Waals surface area contributed by atoms with Crippen LogP contribution in [0.2, 0.25) is 0 Å². The zero-order chi connectivity index (χ0) is 13.7. The summed E-state index contributed by atoms with van der Waals surface area (Å²) < 4.78 is 5.52. The molecule has 1 aromatic carbocycles. The predicted molar refractivity (Wildman–Crippen MR) is 80.2 cm³/mol. The molecule has 1 atom stereocenters. The average molecular weight is 259 g/mol. The Balaban J connectivity index is 2.27. The lowest BCUT2D eigenvalue weighted by molar-refractivity contribution is 0.219. The minimum atomic E-state index is 0.304. The lowest BCUT2D eigenvalue weighted by atomic mass is 9.93. The third-order valence-corrected chi connectivity index (χ3v) is 3.51. The molecule has 1 N–H and O–H groups in total. The average Bonchev–Trinajstić information content (AvgIpc) is 2.39. The summed E-state index contributed by atoms with van der Waals surface area (Å²) in [5, 5.41) is 3.66. The lowest BCUT2D eigenvalue weighted by Crippen LogP contribution is -2.25. The zero-order valence-electron chi connectivity index (χ0n) is 12.3. The van der Waals surface area contributed by atoms with Crippen LogP contribution in [0.3, 0.4) is 0 Å². The van der Waals surface area contributed by atoms with Gasteiger partial charge >= 0.3 is 0 Å². The van der Waals surface area contributed by atoms with Gasteiger partial charge in [0.05, 0.1) is 18.9 Å². The van der Waals surface area contributed by atoms with E-state index in [9.17, 15) is 0 Å². The Hall–Kier alpha value is -1.28. The molecule has 1 aliphatic heterocycles. The van der Waals surface area contributed by atoms with Gasteiger partial charge in [-0.25, -0.2) is 0 Å². The molecule has 1 heterocycles. The van der Waals surface area contributed by atoms with Crippen molar-refractivity contribution in [2.24, 2.45) is 0 Å². The Morgan fingerprint density at radius 2 is 1.95 bits per heavy atom. The van der Waals surface area contributed by atoms with Crippen molar-refractivity contribution < 1.29 is 4.74 Å².